The fourth-order valence-electron chi connectivity index (χ4n) is 2.68. The molecule has 0 fully saturated rings. The highest BCUT2D eigenvalue weighted by atomic mass is 16.5. The van der Waals surface area contributed by atoms with Gasteiger partial charge in [-0.05, 0) is 50.7 Å². The molecule has 0 spiro atoms. The van der Waals surface area contributed by atoms with E-state index in [4.69, 9.17) is 0 Å². The smallest absolute Gasteiger partial charge is 0.305 e. The Balaban J connectivity index is 0.000000769. The Morgan fingerprint density at radius 3 is 1.87 bits per heavy atom. The van der Waals surface area contributed by atoms with Gasteiger partial charge in [-0.2, -0.15) is 0 Å². The van der Waals surface area contributed by atoms with Crippen LogP contribution in [0.15, 0.2) is 40.9 Å². The molecule has 30 heavy (non-hydrogen) atoms. The lowest BCUT2D eigenvalue weighted by molar-refractivity contribution is -0.140. The fraction of sp³-hybridized carbons (Fsp3) is 0.560. The number of rotatable bonds is 16. The lowest BCUT2D eigenvalue weighted by Crippen LogP contribution is -1.98. The maximum atomic E-state index is 10.9. The van der Waals surface area contributed by atoms with Crippen LogP contribution < -0.4 is 0 Å². The highest BCUT2D eigenvalue weighted by molar-refractivity contribution is 5.75. The number of esters is 1. The molecule has 5 heteroatoms. The second-order valence-corrected chi connectivity index (χ2v) is 7.03. The minimum Gasteiger partial charge on any atom is -0.469 e. The zero-order valence-electron chi connectivity index (χ0n) is 18.6. The number of methoxy groups -OCH3 is 1. The van der Waals surface area contributed by atoms with Crippen molar-refractivity contribution in [2.24, 2.45) is 0 Å². The average Bonchev–Trinajstić information content (AvgIpc) is 3.25. The van der Waals surface area contributed by atoms with Gasteiger partial charge in [0.15, 0.2) is 24.1 Å². The molecular weight excluding hydrogens is 380 g/mol. The summed E-state index contributed by atoms with van der Waals surface area (Å²) in [5, 5.41) is 0. The molecule has 168 valence electrons. The third-order valence-corrected chi connectivity index (χ3v) is 4.44. The van der Waals surface area contributed by atoms with E-state index >= 15 is 0 Å². The van der Waals surface area contributed by atoms with Crippen molar-refractivity contribution in [1.82, 2.24) is 0 Å². The summed E-state index contributed by atoms with van der Waals surface area (Å²) in [5.41, 5.74) is 0. The highest BCUT2D eigenvalue weighted by Crippen LogP contribution is 2.08. The van der Waals surface area contributed by atoms with E-state index in [2.05, 4.69) is 40.4 Å². The molecule has 0 aliphatic carbocycles. The van der Waals surface area contributed by atoms with Crippen LogP contribution in [0.4, 0.5) is 0 Å². The topological polar surface area (TPSA) is 73.6 Å². The van der Waals surface area contributed by atoms with Gasteiger partial charge in [0.25, 0.3) is 0 Å². The molecule has 0 radical (unpaired) electrons. The van der Waals surface area contributed by atoms with Gasteiger partial charge in [0, 0.05) is 6.42 Å². The van der Waals surface area contributed by atoms with Crippen LogP contribution in [0.25, 0.3) is 0 Å². The maximum absolute atomic E-state index is 10.9. The summed E-state index contributed by atoms with van der Waals surface area (Å²) in [4.78, 5) is 30.8. The number of carbonyl (C=O) groups excluding carboxylic acids is 3. The summed E-state index contributed by atoms with van der Waals surface area (Å²) in [6.07, 6.45) is 24.1. The first-order valence-corrected chi connectivity index (χ1v) is 11.0. The van der Waals surface area contributed by atoms with Gasteiger partial charge >= 0.3 is 5.97 Å². The van der Waals surface area contributed by atoms with Crippen molar-refractivity contribution in [3.8, 4) is 0 Å². The number of ether oxygens (including phenoxy) is 1. The predicted octanol–water partition coefficient (Wildman–Crippen LogP) is 6.88. The van der Waals surface area contributed by atoms with Crippen LogP contribution in [0.5, 0.6) is 0 Å². The minimum atomic E-state index is -0.0827. The molecular formula is C25H38O5. The first-order valence-electron chi connectivity index (χ1n) is 11.0. The van der Waals surface area contributed by atoms with Crippen molar-refractivity contribution < 1.29 is 23.5 Å². The molecule has 5 nitrogen and oxygen atoms in total. The number of unbranched alkanes of at least 4 members (excludes halogenated alkanes) is 8. The molecule has 0 saturated carbocycles. The van der Waals surface area contributed by atoms with Gasteiger partial charge in [0.2, 0.25) is 0 Å². The second kappa shape index (κ2) is 21.3. The summed E-state index contributed by atoms with van der Waals surface area (Å²) in [6.45, 7) is 2.24. The molecule has 0 aliphatic heterocycles. The van der Waals surface area contributed by atoms with Crippen molar-refractivity contribution >= 4 is 18.5 Å². The van der Waals surface area contributed by atoms with Crippen molar-refractivity contribution in [3.63, 3.8) is 0 Å². The van der Waals surface area contributed by atoms with Crippen molar-refractivity contribution in [1.29, 1.82) is 0 Å². The van der Waals surface area contributed by atoms with Crippen LogP contribution in [0.1, 0.15) is 105 Å². The monoisotopic (exact) mass is 418 g/mol. The third kappa shape index (κ3) is 17.7. The molecule has 0 unspecified atom stereocenters. The van der Waals surface area contributed by atoms with E-state index in [1.54, 1.807) is 0 Å². The molecule has 0 amide bonds. The first kappa shape index (κ1) is 27.6. The normalized spacial score (nSPS) is 10.7. The number of aldehydes is 2. The SMILES string of the molecule is CCCCC/C=C\C/C=C\CCCCCCCC(=O)OC.O=Cc1ccc(C=O)o1. The van der Waals surface area contributed by atoms with Crippen LogP contribution in [0.2, 0.25) is 0 Å². The second-order valence-electron chi connectivity index (χ2n) is 7.03. The zero-order valence-corrected chi connectivity index (χ0v) is 18.6. The van der Waals surface area contributed by atoms with Gasteiger partial charge in [-0.15, -0.1) is 0 Å². The Kier molecular flexibility index (Phi) is 19.6. The molecule has 0 aromatic carbocycles. The van der Waals surface area contributed by atoms with Gasteiger partial charge in [0.1, 0.15) is 0 Å². The summed E-state index contributed by atoms with van der Waals surface area (Å²) < 4.78 is 9.26. The molecule has 0 bridgehead atoms. The van der Waals surface area contributed by atoms with Crippen LogP contribution in [0.3, 0.4) is 0 Å². The van der Waals surface area contributed by atoms with E-state index in [0.29, 0.717) is 19.0 Å². The minimum absolute atomic E-state index is 0.0827. The standard InChI is InChI=1S/C19H34O2.C6H4O3/c1-3-4-5-6-7-8-9-10-11-12-13-14-15-16-17-18-19(20)21-2;7-3-5-1-2-6(4-8)9-5/h7-8,10-11H,3-6,9,12-18H2,1-2H3;1-4H/b8-7-,11-10-;. The van der Waals surface area contributed by atoms with Crippen LogP contribution in [0, 0.1) is 0 Å². The molecule has 0 atom stereocenters. The molecule has 1 aromatic rings. The number of hydrogen-bond acceptors (Lipinski definition) is 5. The lowest BCUT2D eigenvalue weighted by atomic mass is 10.1. The molecule has 1 aromatic heterocycles. The van der Waals surface area contributed by atoms with Gasteiger partial charge in [-0.3, -0.25) is 14.4 Å². The van der Waals surface area contributed by atoms with Crippen LogP contribution in [-0.2, 0) is 9.53 Å². The van der Waals surface area contributed by atoms with E-state index < -0.39 is 0 Å². The van der Waals surface area contributed by atoms with Gasteiger partial charge < -0.3 is 9.15 Å². The summed E-state index contributed by atoms with van der Waals surface area (Å²) in [7, 11) is 1.45. The quantitative estimate of drug-likeness (QED) is 0.127. The summed E-state index contributed by atoms with van der Waals surface area (Å²) in [6, 6.07) is 2.88. The van der Waals surface area contributed by atoms with E-state index in [9.17, 15) is 14.4 Å². The van der Waals surface area contributed by atoms with Crippen LogP contribution >= 0.6 is 0 Å². The Bertz CT molecular complexity index is 590. The maximum Gasteiger partial charge on any atom is 0.305 e. The molecule has 0 saturated heterocycles. The largest absolute Gasteiger partial charge is 0.469 e. The number of allylic oxidation sites excluding steroid dienone is 4. The highest BCUT2D eigenvalue weighted by Gasteiger charge is 1.98. The molecule has 0 N–H and O–H groups in total. The van der Waals surface area contributed by atoms with Crippen LogP contribution in [-0.4, -0.2) is 25.7 Å². The average molecular weight is 419 g/mol. The molecule has 0 aliphatic rings. The summed E-state index contributed by atoms with van der Waals surface area (Å²) in [5.74, 6) is 0.273. The van der Waals surface area contributed by atoms with E-state index in [-0.39, 0.29) is 17.5 Å². The van der Waals surface area contributed by atoms with E-state index in [1.165, 1.54) is 70.6 Å². The summed E-state index contributed by atoms with van der Waals surface area (Å²) >= 11 is 0. The van der Waals surface area contributed by atoms with Crippen molar-refractivity contribution in [2.75, 3.05) is 7.11 Å². The third-order valence-electron chi connectivity index (χ3n) is 4.44. The Morgan fingerprint density at radius 2 is 1.37 bits per heavy atom. The number of hydrogen-bond donors (Lipinski definition) is 0. The lowest BCUT2D eigenvalue weighted by Gasteiger charge is -1.99. The van der Waals surface area contributed by atoms with Gasteiger partial charge in [-0.1, -0.05) is 63.3 Å². The number of carbonyl (C=O) groups is 3. The van der Waals surface area contributed by atoms with Gasteiger partial charge in [-0.25, -0.2) is 0 Å². The Morgan fingerprint density at radius 1 is 0.833 bits per heavy atom. The first-order chi connectivity index (χ1) is 14.7. The predicted molar refractivity (Wildman–Crippen MR) is 121 cm³/mol. The molecule has 1 rings (SSSR count). The van der Waals surface area contributed by atoms with E-state index in [0.717, 1.165) is 19.3 Å². The zero-order chi connectivity index (χ0) is 22.3. The molecule has 1 heterocycles. The van der Waals surface area contributed by atoms with Crippen molar-refractivity contribution in [2.45, 2.75) is 84.0 Å². The fourth-order valence-corrected chi connectivity index (χ4v) is 2.68. The Labute approximate surface area is 181 Å². The van der Waals surface area contributed by atoms with Crippen molar-refractivity contribution in [3.05, 3.63) is 48.0 Å². The van der Waals surface area contributed by atoms with E-state index in [1.807, 2.05) is 0 Å². The Hall–Kier alpha value is -2.43. The van der Waals surface area contributed by atoms with Gasteiger partial charge in [0.05, 0.1) is 7.11 Å². The number of furan rings is 1.